The number of hydrogen-bond donors (Lipinski definition) is 0. The Morgan fingerprint density at radius 3 is 2.38 bits per heavy atom. The van der Waals surface area contributed by atoms with Gasteiger partial charge >= 0.3 is 0 Å². The van der Waals surface area contributed by atoms with Crippen LogP contribution in [0.1, 0.15) is 18.5 Å². The minimum absolute atomic E-state index is 0.365. The molecule has 1 saturated heterocycles. The van der Waals surface area contributed by atoms with Crippen LogP contribution in [0.4, 0.5) is 0 Å². The van der Waals surface area contributed by atoms with Crippen LogP contribution in [-0.2, 0) is 11.3 Å². The van der Waals surface area contributed by atoms with E-state index in [2.05, 4.69) is 11.0 Å². The van der Waals surface area contributed by atoms with Crippen molar-refractivity contribution in [1.82, 2.24) is 14.9 Å². The number of piperidine rings is 1. The van der Waals surface area contributed by atoms with Gasteiger partial charge in [0, 0.05) is 43.4 Å². The maximum absolute atomic E-state index is 11.5. The Hall–Kier alpha value is -2.59. The van der Waals surface area contributed by atoms with Crippen LogP contribution in [0.2, 0.25) is 0 Å². The summed E-state index contributed by atoms with van der Waals surface area (Å²) in [6.07, 6.45) is 1.29. The zero-order chi connectivity index (χ0) is 16.4. The summed E-state index contributed by atoms with van der Waals surface area (Å²) in [6, 6.07) is 18.2. The highest BCUT2D eigenvalue weighted by Crippen LogP contribution is 2.23. The Kier molecular flexibility index (Phi) is 4.05. The number of carbonyl (C=O) groups is 1. The fraction of sp³-hybridized carbons (Fsp3) is 0.250. The summed E-state index contributed by atoms with van der Waals surface area (Å²) in [5.74, 6) is 1.13. The molecule has 1 aliphatic heterocycles. The lowest BCUT2D eigenvalue weighted by Gasteiger charge is -2.25. The van der Waals surface area contributed by atoms with Crippen LogP contribution in [0.3, 0.4) is 0 Å². The molecular weight excluding hydrogens is 298 g/mol. The lowest BCUT2D eigenvalue weighted by Crippen LogP contribution is -2.33. The quantitative estimate of drug-likeness (QED) is 0.742. The molecule has 4 rings (SSSR count). The van der Waals surface area contributed by atoms with Gasteiger partial charge in [0.25, 0.3) is 0 Å². The van der Waals surface area contributed by atoms with E-state index in [9.17, 15) is 4.79 Å². The first-order valence-electron chi connectivity index (χ1n) is 8.35. The van der Waals surface area contributed by atoms with Crippen LogP contribution in [0.15, 0.2) is 54.6 Å². The number of likely N-dealkylation sites (tertiary alicyclic amines) is 1. The highest BCUT2D eigenvalue weighted by atomic mass is 16.1. The van der Waals surface area contributed by atoms with Gasteiger partial charge in [0.1, 0.15) is 5.78 Å². The van der Waals surface area contributed by atoms with E-state index >= 15 is 0 Å². The maximum atomic E-state index is 11.5. The molecule has 3 aromatic rings. The van der Waals surface area contributed by atoms with Crippen molar-refractivity contribution in [3.63, 3.8) is 0 Å². The molecule has 1 aromatic heterocycles. The molecule has 2 heterocycles. The SMILES string of the molecule is O=C1CCN(Cc2nc(-c3ccccc3)nc3ccccc23)CC1. The zero-order valence-electron chi connectivity index (χ0n) is 13.5. The monoisotopic (exact) mass is 317 g/mol. The smallest absolute Gasteiger partial charge is 0.160 e. The van der Waals surface area contributed by atoms with E-state index in [4.69, 9.17) is 9.97 Å². The molecule has 0 radical (unpaired) electrons. The van der Waals surface area contributed by atoms with Crippen molar-refractivity contribution in [2.45, 2.75) is 19.4 Å². The van der Waals surface area contributed by atoms with Crippen LogP contribution in [0, 0.1) is 0 Å². The standard InChI is InChI=1S/C20H19N3O/c24-16-10-12-23(13-11-16)14-19-17-8-4-5-9-18(17)21-20(22-19)15-6-2-1-3-7-15/h1-9H,10-14H2. The second-order valence-electron chi connectivity index (χ2n) is 6.19. The van der Waals surface area contributed by atoms with Gasteiger partial charge < -0.3 is 0 Å². The zero-order valence-corrected chi connectivity index (χ0v) is 13.5. The molecule has 0 aliphatic carbocycles. The molecule has 0 N–H and O–H groups in total. The third-order valence-corrected chi connectivity index (χ3v) is 4.50. The van der Waals surface area contributed by atoms with Crippen molar-refractivity contribution >= 4 is 16.7 Å². The van der Waals surface area contributed by atoms with Crippen molar-refractivity contribution in [2.24, 2.45) is 0 Å². The van der Waals surface area contributed by atoms with Crippen LogP contribution in [-0.4, -0.2) is 33.7 Å². The van der Waals surface area contributed by atoms with Crippen LogP contribution in [0.5, 0.6) is 0 Å². The number of nitrogens with zero attached hydrogens (tertiary/aromatic N) is 3. The Bertz CT molecular complexity index is 866. The van der Waals surface area contributed by atoms with Gasteiger partial charge in [-0.3, -0.25) is 9.69 Å². The predicted octanol–water partition coefficient (Wildman–Crippen LogP) is 3.46. The van der Waals surface area contributed by atoms with Crippen molar-refractivity contribution in [1.29, 1.82) is 0 Å². The van der Waals surface area contributed by atoms with E-state index in [0.717, 1.165) is 47.6 Å². The molecule has 1 aliphatic rings. The number of ketones is 1. The molecule has 2 aromatic carbocycles. The van der Waals surface area contributed by atoms with Crippen molar-refractivity contribution in [3.05, 3.63) is 60.3 Å². The lowest BCUT2D eigenvalue weighted by molar-refractivity contribution is -0.121. The summed E-state index contributed by atoms with van der Waals surface area (Å²) < 4.78 is 0. The summed E-state index contributed by atoms with van der Waals surface area (Å²) in [4.78, 5) is 23.3. The molecule has 0 amide bonds. The number of hydrogen-bond acceptors (Lipinski definition) is 4. The van der Waals surface area contributed by atoms with Gasteiger partial charge in [-0.25, -0.2) is 9.97 Å². The molecule has 0 spiro atoms. The molecule has 4 heteroatoms. The number of fused-ring (bicyclic) bond motifs is 1. The van der Waals surface area contributed by atoms with Crippen LogP contribution >= 0.6 is 0 Å². The van der Waals surface area contributed by atoms with Gasteiger partial charge in [-0.1, -0.05) is 48.5 Å². The van der Waals surface area contributed by atoms with E-state index in [1.54, 1.807) is 0 Å². The molecule has 0 bridgehead atoms. The fourth-order valence-corrected chi connectivity index (χ4v) is 3.15. The highest BCUT2D eigenvalue weighted by Gasteiger charge is 2.18. The van der Waals surface area contributed by atoms with Gasteiger partial charge in [0.15, 0.2) is 5.82 Å². The lowest BCUT2D eigenvalue weighted by atomic mass is 10.1. The number of para-hydroxylation sites is 1. The topological polar surface area (TPSA) is 46.1 Å². The summed E-state index contributed by atoms with van der Waals surface area (Å²) in [7, 11) is 0. The van der Waals surface area contributed by atoms with Gasteiger partial charge in [-0.2, -0.15) is 0 Å². The van der Waals surface area contributed by atoms with Crippen molar-refractivity contribution in [2.75, 3.05) is 13.1 Å². The Morgan fingerprint density at radius 2 is 1.58 bits per heavy atom. The molecule has 0 saturated carbocycles. The average molecular weight is 317 g/mol. The van der Waals surface area contributed by atoms with E-state index < -0.39 is 0 Å². The summed E-state index contributed by atoms with van der Waals surface area (Å²) in [6.45, 7) is 2.39. The predicted molar refractivity (Wildman–Crippen MR) is 94.5 cm³/mol. The van der Waals surface area contributed by atoms with Gasteiger partial charge in [0.2, 0.25) is 0 Å². The maximum Gasteiger partial charge on any atom is 0.160 e. The first kappa shape index (κ1) is 15.0. The van der Waals surface area contributed by atoms with Gasteiger partial charge in [-0.05, 0) is 6.07 Å². The molecule has 120 valence electrons. The molecule has 4 nitrogen and oxygen atoms in total. The van der Waals surface area contributed by atoms with Gasteiger partial charge in [0.05, 0.1) is 11.2 Å². The number of rotatable bonds is 3. The first-order chi connectivity index (χ1) is 11.8. The second-order valence-corrected chi connectivity index (χ2v) is 6.19. The highest BCUT2D eigenvalue weighted by molar-refractivity contribution is 5.83. The summed E-state index contributed by atoms with van der Waals surface area (Å²) in [5.41, 5.74) is 3.03. The minimum atomic E-state index is 0.365. The number of aromatic nitrogens is 2. The van der Waals surface area contributed by atoms with Crippen molar-refractivity contribution in [3.8, 4) is 11.4 Å². The number of carbonyl (C=O) groups excluding carboxylic acids is 1. The molecule has 24 heavy (non-hydrogen) atoms. The van der Waals surface area contributed by atoms with Gasteiger partial charge in [-0.15, -0.1) is 0 Å². The largest absolute Gasteiger partial charge is 0.300 e. The van der Waals surface area contributed by atoms with E-state index in [1.165, 1.54) is 0 Å². The molecule has 0 atom stereocenters. The Balaban J connectivity index is 1.74. The molecular formula is C20H19N3O. The number of benzene rings is 2. The van der Waals surface area contributed by atoms with Crippen molar-refractivity contribution < 1.29 is 4.79 Å². The van der Waals surface area contributed by atoms with E-state index in [-0.39, 0.29) is 0 Å². The Labute approximate surface area is 141 Å². The first-order valence-corrected chi connectivity index (χ1v) is 8.35. The third kappa shape index (κ3) is 3.05. The molecule has 0 unspecified atom stereocenters. The second kappa shape index (κ2) is 6.49. The fourth-order valence-electron chi connectivity index (χ4n) is 3.15. The summed E-state index contributed by atoms with van der Waals surface area (Å²) in [5, 5.41) is 1.09. The van der Waals surface area contributed by atoms with Crippen LogP contribution < -0.4 is 0 Å². The van der Waals surface area contributed by atoms with E-state index in [1.807, 2.05) is 48.5 Å². The Morgan fingerprint density at radius 1 is 0.875 bits per heavy atom. The normalized spacial score (nSPS) is 15.8. The molecule has 1 fully saturated rings. The minimum Gasteiger partial charge on any atom is -0.300 e. The summed E-state index contributed by atoms with van der Waals surface area (Å²) >= 11 is 0. The number of Topliss-reactive ketones (excluding diaryl/α,β-unsaturated/α-hetero) is 1. The average Bonchev–Trinajstić information content (AvgIpc) is 2.64. The third-order valence-electron chi connectivity index (χ3n) is 4.50. The van der Waals surface area contributed by atoms with Crippen LogP contribution in [0.25, 0.3) is 22.3 Å². The van der Waals surface area contributed by atoms with E-state index in [0.29, 0.717) is 18.6 Å².